The molecule has 0 unspecified atom stereocenters. The van der Waals surface area contributed by atoms with Crippen LogP contribution in [-0.2, 0) is 11.2 Å². The first-order chi connectivity index (χ1) is 15.3. The van der Waals surface area contributed by atoms with Gasteiger partial charge in [-0.1, -0.05) is 30.3 Å². The molecule has 2 aliphatic rings. The molecule has 31 heavy (non-hydrogen) atoms. The van der Waals surface area contributed by atoms with Gasteiger partial charge in [-0.3, -0.25) is 9.69 Å². The third-order valence-electron chi connectivity index (χ3n) is 6.09. The Balaban J connectivity index is 1.06. The normalized spacial score (nSPS) is 16.6. The molecule has 2 aromatic carbocycles. The van der Waals surface area contributed by atoms with E-state index in [2.05, 4.69) is 46.6 Å². The second-order valence-electron chi connectivity index (χ2n) is 8.23. The van der Waals surface area contributed by atoms with Crippen LogP contribution < -0.4 is 10.1 Å². The van der Waals surface area contributed by atoms with Gasteiger partial charge in [0, 0.05) is 36.7 Å². The highest BCUT2D eigenvalue weighted by Crippen LogP contribution is 2.31. The largest absolute Gasteiger partial charge is 0.494 e. The van der Waals surface area contributed by atoms with Gasteiger partial charge in [0.2, 0.25) is 5.91 Å². The maximum Gasteiger partial charge on any atom is 0.224 e. The molecule has 0 atom stereocenters. The molecule has 0 spiro atoms. The zero-order chi connectivity index (χ0) is 21.0. The Morgan fingerprint density at radius 1 is 1.10 bits per heavy atom. The van der Waals surface area contributed by atoms with Crippen molar-refractivity contribution in [2.45, 2.75) is 32.1 Å². The zero-order valence-electron chi connectivity index (χ0n) is 17.6. The van der Waals surface area contributed by atoms with E-state index in [-0.39, 0.29) is 5.91 Å². The molecule has 160 valence electrons. The molecule has 0 bridgehead atoms. The van der Waals surface area contributed by atoms with Gasteiger partial charge in [0.1, 0.15) is 5.75 Å². The van der Waals surface area contributed by atoms with Crippen LogP contribution in [0.3, 0.4) is 0 Å². The summed E-state index contributed by atoms with van der Waals surface area (Å²) >= 11 is 1.59. The number of rotatable bonds is 7. The van der Waals surface area contributed by atoms with E-state index >= 15 is 0 Å². The van der Waals surface area contributed by atoms with E-state index in [1.807, 2.05) is 12.1 Å². The molecule has 1 amide bonds. The number of carbonyl (C=O) groups is 1. The first-order valence-electron chi connectivity index (χ1n) is 11.1. The fourth-order valence-corrected chi connectivity index (χ4v) is 5.12. The summed E-state index contributed by atoms with van der Waals surface area (Å²) in [6.45, 7) is 3.87. The number of unbranched alkanes of at least 4 members (excludes halogenated alkanes) is 1. The number of hydrogen-bond acceptors (Lipinski definition) is 5. The smallest absolute Gasteiger partial charge is 0.224 e. The first kappa shape index (κ1) is 20.2. The predicted octanol–water partition coefficient (Wildman–Crippen LogP) is 5.13. The minimum absolute atomic E-state index is 0.0892. The molecule has 2 aliphatic heterocycles. The van der Waals surface area contributed by atoms with Crippen LogP contribution >= 0.6 is 11.5 Å². The summed E-state index contributed by atoms with van der Waals surface area (Å²) in [5, 5.41) is 4.22. The van der Waals surface area contributed by atoms with Crippen LogP contribution in [0.5, 0.6) is 5.75 Å². The fraction of sp³-hybridized carbons (Fsp3) is 0.360. The molecule has 1 aromatic heterocycles. The molecule has 5 rings (SSSR count). The van der Waals surface area contributed by atoms with E-state index in [1.165, 1.54) is 26.9 Å². The molecule has 0 aliphatic carbocycles. The second kappa shape index (κ2) is 9.20. The Morgan fingerprint density at radius 2 is 2.03 bits per heavy atom. The summed E-state index contributed by atoms with van der Waals surface area (Å²) in [4.78, 5) is 14.1. The highest BCUT2D eigenvalue weighted by atomic mass is 32.1. The minimum Gasteiger partial charge on any atom is -0.494 e. The lowest BCUT2D eigenvalue weighted by Crippen LogP contribution is -2.29. The summed E-state index contributed by atoms with van der Waals surface area (Å²) in [5.41, 5.74) is 4.65. The number of carbonyl (C=O) groups excluding carboxylic acids is 1. The maximum absolute atomic E-state index is 11.6. The van der Waals surface area contributed by atoms with Gasteiger partial charge < -0.3 is 10.1 Å². The third kappa shape index (κ3) is 4.65. The lowest BCUT2D eigenvalue weighted by atomic mass is 10.0. The molecule has 0 fully saturated rings. The van der Waals surface area contributed by atoms with E-state index in [0.717, 1.165) is 56.8 Å². The average Bonchev–Trinajstić information content (AvgIpc) is 3.23. The monoisotopic (exact) mass is 433 g/mol. The lowest BCUT2D eigenvalue weighted by Gasteiger charge is -2.25. The molecular formula is C25H27N3O2S. The summed E-state index contributed by atoms with van der Waals surface area (Å²) in [6, 6.07) is 14.5. The van der Waals surface area contributed by atoms with Crippen molar-refractivity contribution in [2.75, 3.05) is 31.6 Å². The van der Waals surface area contributed by atoms with Crippen molar-refractivity contribution in [3.63, 3.8) is 0 Å². The second-order valence-corrected chi connectivity index (χ2v) is 9.03. The Bertz CT molecular complexity index is 1120. The number of nitrogens with zero attached hydrogens (tertiary/aromatic N) is 2. The Morgan fingerprint density at radius 3 is 2.94 bits per heavy atom. The molecule has 3 heterocycles. The average molecular weight is 434 g/mol. The number of amides is 1. The van der Waals surface area contributed by atoms with Crippen LogP contribution in [-0.4, -0.2) is 41.4 Å². The quantitative estimate of drug-likeness (QED) is 0.525. The molecule has 0 saturated heterocycles. The van der Waals surface area contributed by atoms with E-state index in [1.54, 1.807) is 11.5 Å². The molecule has 0 radical (unpaired) electrons. The van der Waals surface area contributed by atoms with Gasteiger partial charge in [0.15, 0.2) is 0 Å². The molecule has 5 nitrogen and oxygen atoms in total. The number of benzene rings is 2. The molecule has 1 N–H and O–H groups in total. The molecule has 0 saturated carbocycles. The summed E-state index contributed by atoms with van der Waals surface area (Å²) in [6.07, 6.45) is 6.93. The van der Waals surface area contributed by atoms with E-state index in [4.69, 9.17) is 9.11 Å². The van der Waals surface area contributed by atoms with Gasteiger partial charge in [-0.05, 0) is 67.0 Å². The Hall–Kier alpha value is -2.70. The van der Waals surface area contributed by atoms with Crippen molar-refractivity contribution in [3.8, 4) is 5.75 Å². The maximum atomic E-state index is 11.6. The van der Waals surface area contributed by atoms with Crippen molar-refractivity contribution in [1.82, 2.24) is 9.27 Å². The van der Waals surface area contributed by atoms with E-state index in [0.29, 0.717) is 13.0 Å². The van der Waals surface area contributed by atoms with Crippen molar-refractivity contribution in [3.05, 3.63) is 59.8 Å². The van der Waals surface area contributed by atoms with Gasteiger partial charge in [-0.25, -0.2) is 0 Å². The van der Waals surface area contributed by atoms with Gasteiger partial charge >= 0.3 is 0 Å². The molecule has 6 heteroatoms. The number of hydrogen-bond donors (Lipinski definition) is 1. The van der Waals surface area contributed by atoms with Gasteiger partial charge in [0.25, 0.3) is 0 Å². The summed E-state index contributed by atoms with van der Waals surface area (Å²) < 4.78 is 11.9. The fourth-order valence-electron chi connectivity index (χ4n) is 4.31. The Kier molecular flexibility index (Phi) is 6.00. The van der Waals surface area contributed by atoms with Crippen molar-refractivity contribution in [1.29, 1.82) is 0 Å². The van der Waals surface area contributed by atoms with E-state index in [9.17, 15) is 4.79 Å². The van der Waals surface area contributed by atoms with Crippen molar-refractivity contribution < 1.29 is 9.53 Å². The van der Waals surface area contributed by atoms with Crippen LogP contribution in [0.15, 0.2) is 48.5 Å². The van der Waals surface area contributed by atoms with Crippen LogP contribution in [0.1, 0.15) is 36.9 Å². The van der Waals surface area contributed by atoms with E-state index < -0.39 is 0 Å². The number of anilines is 1. The lowest BCUT2D eigenvalue weighted by molar-refractivity contribution is -0.116. The highest BCUT2D eigenvalue weighted by Gasteiger charge is 2.17. The van der Waals surface area contributed by atoms with Crippen LogP contribution in [0.4, 0.5) is 5.69 Å². The number of ether oxygens (including phenoxy) is 1. The predicted molar refractivity (Wildman–Crippen MR) is 127 cm³/mol. The number of aromatic nitrogens is 1. The Labute approximate surface area is 186 Å². The minimum atomic E-state index is 0.0892. The number of fused-ring (bicyclic) bond motifs is 2. The topological polar surface area (TPSA) is 54.5 Å². The van der Waals surface area contributed by atoms with Gasteiger partial charge in [0.05, 0.1) is 17.0 Å². The number of aryl methyl sites for hydroxylation is 1. The van der Waals surface area contributed by atoms with Crippen LogP contribution in [0.25, 0.3) is 15.7 Å². The number of nitrogens with one attached hydrogen (secondary N) is 1. The molecule has 3 aromatic rings. The van der Waals surface area contributed by atoms with Gasteiger partial charge in [-0.2, -0.15) is 4.37 Å². The zero-order valence-corrected chi connectivity index (χ0v) is 18.4. The standard InChI is InChI=1S/C25H27N3O2S/c29-24-10-8-18-7-9-20(17-22(18)26-24)30-16-4-3-13-28-14-11-19(12-15-28)25-21-5-1-2-6-23(21)31-27-25/h1-2,5-7,9,11,17H,3-4,8,10,12-16H2,(H,26,29). The third-order valence-corrected chi connectivity index (χ3v) is 6.92. The highest BCUT2D eigenvalue weighted by molar-refractivity contribution is 7.13. The van der Waals surface area contributed by atoms with Crippen LogP contribution in [0.2, 0.25) is 0 Å². The van der Waals surface area contributed by atoms with Crippen molar-refractivity contribution in [2.24, 2.45) is 0 Å². The van der Waals surface area contributed by atoms with Crippen LogP contribution in [0, 0.1) is 0 Å². The summed E-state index contributed by atoms with van der Waals surface area (Å²) in [5.74, 6) is 0.924. The van der Waals surface area contributed by atoms with Gasteiger partial charge in [-0.15, -0.1) is 0 Å². The SMILES string of the molecule is O=C1CCc2ccc(OCCCCN3CC=C(c4nsc5ccccc45)CC3)cc2N1. The summed E-state index contributed by atoms with van der Waals surface area (Å²) in [7, 11) is 0. The van der Waals surface area contributed by atoms with Crippen molar-refractivity contribution >= 4 is 38.8 Å². The molecular weight excluding hydrogens is 406 g/mol. The first-order valence-corrected chi connectivity index (χ1v) is 11.9.